The zero-order valence-corrected chi connectivity index (χ0v) is 23.1. The van der Waals surface area contributed by atoms with Gasteiger partial charge < -0.3 is 9.47 Å². The van der Waals surface area contributed by atoms with Gasteiger partial charge in [-0.15, -0.1) is 0 Å². The first-order valence-electron chi connectivity index (χ1n) is 14.2. The third-order valence-electron chi connectivity index (χ3n) is 7.70. The van der Waals surface area contributed by atoms with Crippen LogP contribution >= 0.6 is 0 Å². The van der Waals surface area contributed by atoms with Crippen molar-refractivity contribution >= 4 is 5.97 Å². The molecule has 0 saturated heterocycles. The summed E-state index contributed by atoms with van der Waals surface area (Å²) in [5, 5.41) is 0. The van der Waals surface area contributed by atoms with E-state index in [9.17, 15) is 22.4 Å². The van der Waals surface area contributed by atoms with Gasteiger partial charge in [0.05, 0.1) is 12.5 Å². The van der Waals surface area contributed by atoms with Gasteiger partial charge in [0.2, 0.25) is 11.6 Å². The molecule has 1 aliphatic carbocycles. The normalized spacial score (nSPS) is 17.1. The maximum absolute atomic E-state index is 14.9. The van der Waals surface area contributed by atoms with E-state index in [0.29, 0.717) is 37.9 Å². The van der Waals surface area contributed by atoms with Crippen LogP contribution in [0.5, 0.6) is 11.5 Å². The lowest BCUT2D eigenvalue weighted by Gasteiger charge is -2.28. The summed E-state index contributed by atoms with van der Waals surface area (Å²) < 4.78 is 69.8. The van der Waals surface area contributed by atoms with Crippen molar-refractivity contribution in [2.75, 3.05) is 6.61 Å². The van der Waals surface area contributed by atoms with Gasteiger partial charge in [0.15, 0.2) is 23.1 Å². The van der Waals surface area contributed by atoms with Gasteiger partial charge in [0, 0.05) is 5.56 Å². The summed E-state index contributed by atoms with van der Waals surface area (Å²) in [6.45, 7) is 4.37. The monoisotopic (exact) mass is 556 g/mol. The van der Waals surface area contributed by atoms with Crippen LogP contribution in [-0.2, 0) is 4.79 Å². The van der Waals surface area contributed by atoms with Gasteiger partial charge in [-0.05, 0) is 74.3 Å². The molecule has 1 fully saturated rings. The molecule has 1 saturated carbocycles. The zero-order valence-electron chi connectivity index (χ0n) is 23.1. The van der Waals surface area contributed by atoms with Crippen molar-refractivity contribution in [3.05, 3.63) is 82.9 Å². The van der Waals surface area contributed by atoms with Crippen LogP contribution in [0, 0.1) is 36.1 Å². The minimum Gasteiger partial charge on any atom is -0.490 e. The van der Waals surface area contributed by atoms with Crippen molar-refractivity contribution in [2.24, 2.45) is 5.92 Å². The Bertz CT molecular complexity index is 1300. The summed E-state index contributed by atoms with van der Waals surface area (Å²) in [4.78, 5) is 12.8. The topological polar surface area (TPSA) is 35.5 Å². The number of esters is 1. The molecule has 0 unspecified atom stereocenters. The number of aryl methyl sites for hydroxylation is 1. The van der Waals surface area contributed by atoms with Crippen LogP contribution in [0.4, 0.5) is 17.6 Å². The van der Waals surface area contributed by atoms with Crippen LogP contribution in [0.2, 0.25) is 0 Å². The number of hydrogen-bond donors (Lipinski definition) is 0. The van der Waals surface area contributed by atoms with Crippen molar-refractivity contribution in [2.45, 2.75) is 77.6 Å². The SMILES string of the molecule is CCCCCCCOc1ccc(C2CCC(C(=O)Oc3ccc(-c4ccc(C)cc4)c(F)c3F)CC2)c(F)c1F. The van der Waals surface area contributed by atoms with Gasteiger partial charge in [0.25, 0.3) is 0 Å². The van der Waals surface area contributed by atoms with Crippen LogP contribution in [0.1, 0.15) is 81.8 Å². The van der Waals surface area contributed by atoms with Gasteiger partial charge in [0.1, 0.15) is 0 Å². The van der Waals surface area contributed by atoms with Crippen molar-refractivity contribution in [3.63, 3.8) is 0 Å². The third kappa shape index (κ3) is 7.04. The molecule has 7 heteroatoms. The molecule has 0 aliphatic heterocycles. The number of ether oxygens (including phenoxy) is 2. The second-order valence-electron chi connectivity index (χ2n) is 10.6. The Morgan fingerprint density at radius 2 is 1.40 bits per heavy atom. The average Bonchev–Trinajstić information content (AvgIpc) is 2.96. The van der Waals surface area contributed by atoms with E-state index in [1.807, 2.05) is 6.92 Å². The fourth-order valence-corrected chi connectivity index (χ4v) is 5.26. The molecule has 0 aromatic heterocycles. The highest BCUT2D eigenvalue weighted by Gasteiger charge is 2.31. The van der Waals surface area contributed by atoms with Crippen LogP contribution in [-0.4, -0.2) is 12.6 Å². The average molecular weight is 557 g/mol. The molecule has 0 atom stereocenters. The third-order valence-corrected chi connectivity index (χ3v) is 7.70. The first-order chi connectivity index (χ1) is 19.3. The van der Waals surface area contributed by atoms with Crippen molar-refractivity contribution < 1.29 is 31.8 Å². The predicted molar refractivity (Wildman–Crippen MR) is 147 cm³/mol. The number of carbonyl (C=O) groups is 1. The molecule has 40 heavy (non-hydrogen) atoms. The van der Waals surface area contributed by atoms with E-state index < -0.39 is 40.9 Å². The highest BCUT2D eigenvalue weighted by Crippen LogP contribution is 2.39. The Labute approximate surface area is 233 Å². The van der Waals surface area contributed by atoms with E-state index in [-0.39, 0.29) is 22.8 Å². The summed E-state index contributed by atoms with van der Waals surface area (Å²) in [5.41, 5.74) is 1.85. The number of unbranched alkanes of at least 4 members (excludes halogenated alkanes) is 4. The summed E-state index contributed by atoms with van der Waals surface area (Å²) in [7, 11) is 0. The van der Waals surface area contributed by atoms with Gasteiger partial charge in [-0.25, -0.2) is 8.78 Å². The fraction of sp³-hybridized carbons (Fsp3) is 0.424. The first kappa shape index (κ1) is 29.6. The summed E-state index contributed by atoms with van der Waals surface area (Å²) in [6, 6.07) is 12.7. The molecule has 0 N–H and O–H groups in total. The number of carbonyl (C=O) groups excluding carboxylic acids is 1. The lowest BCUT2D eigenvalue weighted by Crippen LogP contribution is -2.26. The van der Waals surface area contributed by atoms with Crippen LogP contribution in [0.3, 0.4) is 0 Å². The van der Waals surface area contributed by atoms with Crippen molar-refractivity contribution in [3.8, 4) is 22.6 Å². The largest absolute Gasteiger partial charge is 0.490 e. The van der Waals surface area contributed by atoms with Gasteiger partial charge >= 0.3 is 5.97 Å². The Morgan fingerprint density at radius 3 is 2.10 bits per heavy atom. The molecule has 0 spiro atoms. The highest BCUT2D eigenvalue weighted by molar-refractivity contribution is 5.76. The Balaban J connectivity index is 1.32. The molecule has 0 bridgehead atoms. The molecule has 0 heterocycles. The highest BCUT2D eigenvalue weighted by atomic mass is 19.2. The minimum absolute atomic E-state index is 0.0791. The number of hydrogen-bond acceptors (Lipinski definition) is 3. The lowest BCUT2D eigenvalue weighted by molar-refractivity contribution is -0.140. The molecule has 0 radical (unpaired) electrons. The Morgan fingerprint density at radius 1 is 0.750 bits per heavy atom. The summed E-state index contributed by atoms with van der Waals surface area (Å²) in [6.07, 6.45) is 6.77. The maximum atomic E-state index is 14.9. The van der Waals surface area contributed by atoms with Gasteiger partial charge in [-0.1, -0.05) is 68.5 Å². The van der Waals surface area contributed by atoms with E-state index in [1.54, 1.807) is 30.3 Å². The number of benzene rings is 3. The van der Waals surface area contributed by atoms with Crippen molar-refractivity contribution in [1.29, 1.82) is 0 Å². The van der Waals surface area contributed by atoms with E-state index in [0.717, 1.165) is 37.7 Å². The Hall–Kier alpha value is -3.35. The summed E-state index contributed by atoms with van der Waals surface area (Å²) >= 11 is 0. The molecule has 3 aromatic carbocycles. The molecular formula is C33H36F4O3. The maximum Gasteiger partial charge on any atom is 0.314 e. The molecule has 1 aliphatic rings. The van der Waals surface area contributed by atoms with E-state index in [4.69, 9.17) is 9.47 Å². The number of halogens is 4. The minimum atomic E-state index is -1.22. The zero-order chi connectivity index (χ0) is 28.6. The lowest BCUT2D eigenvalue weighted by atomic mass is 9.78. The molecule has 3 aromatic rings. The molecule has 3 nitrogen and oxygen atoms in total. The molecule has 0 amide bonds. The second kappa shape index (κ2) is 13.8. The Kier molecular flexibility index (Phi) is 10.2. The predicted octanol–water partition coefficient (Wildman–Crippen LogP) is 9.45. The van der Waals surface area contributed by atoms with E-state index in [2.05, 4.69) is 6.92 Å². The quantitative estimate of drug-likeness (QED) is 0.102. The standard InChI is InChI=1S/C33H36F4O3/c1-3-4-5-6-7-20-39-27-18-16-25(29(34)31(27)36)23-12-14-24(15-13-23)33(38)40-28-19-17-26(30(35)32(28)37)22-10-8-21(2)9-11-22/h8-11,16-19,23-24H,3-7,12-15,20H2,1-2H3. The van der Waals surface area contributed by atoms with E-state index >= 15 is 0 Å². The molecule has 214 valence electrons. The summed E-state index contributed by atoms with van der Waals surface area (Å²) in [5.74, 6) is -6.22. The van der Waals surface area contributed by atoms with Crippen LogP contribution in [0.25, 0.3) is 11.1 Å². The second-order valence-corrected chi connectivity index (χ2v) is 10.6. The number of rotatable bonds is 11. The van der Waals surface area contributed by atoms with Gasteiger partial charge in [-0.2, -0.15) is 8.78 Å². The molecular weight excluding hydrogens is 520 g/mol. The van der Waals surface area contributed by atoms with Crippen LogP contribution in [0.15, 0.2) is 48.5 Å². The van der Waals surface area contributed by atoms with E-state index in [1.165, 1.54) is 18.2 Å². The molecule has 4 rings (SSSR count). The fourth-order valence-electron chi connectivity index (χ4n) is 5.26. The smallest absolute Gasteiger partial charge is 0.314 e. The first-order valence-corrected chi connectivity index (χ1v) is 14.2. The van der Waals surface area contributed by atoms with Crippen molar-refractivity contribution in [1.82, 2.24) is 0 Å². The van der Waals surface area contributed by atoms with Crippen LogP contribution < -0.4 is 9.47 Å². The van der Waals surface area contributed by atoms with Gasteiger partial charge in [-0.3, -0.25) is 4.79 Å².